The highest BCUT2D eigenvalue weighted by atomic mass is 79.9. The van der Waals surface area contributed by atoms with Gasteiger partial charge in [-0.25, -0.2) is 4.79 Å². The second-order valence-electron chi connectivity index (χ2n) is 12.6. The van der Waals surface area contributed by atoms with Crippen molar-refractivity contribution in [3.8, 4) is 11.5 Å². The lowest BCUT2D eigenvalue weighted by molar-refractivity contribution is 0.0298. The van der Waals surface area contributed by atoms with Crippen LogP contribution in [0.2, 0.25) is 5.02 Å². The van der Waals surface area contributed by atoms with Crippen molar-refractivity contribution in [2.75, 3.05) is 52.2 Å². The zero-order chi connectivity index (χ0) is 37.3. The summed E-state index contributed by atoms with van der Waals surface area (Å²) in [5, 5.41) is 0.357. The molecule has 1 aliphatic heterocycles. The molecule has 0 saturated heterocycles. The van der Waals surface area contributed by atoms with Gasteiger partial charge >= 0.3 is 5.97 Å². The minimum Gasteiger partial charge on any atom is -0.497 e. The summed E-state index contributed by atoms with van der Waals surface area (Å²) in [5.74, 6) is 0.941. The molecule has 6 nitrogen and oxygen atoms in total. The van der Waals surface area contributed by atoms with E-state index in [1.165, 1.54) is 0 Å². The molecule has 0 fully saturated rings. The van der Waals surface area contributed by atoms with Crippen LogP contribution in [0.15, 0.2) is 123 Å². The Morgan fingerprint density at radius 1 is 0.615 bits per heavy atom. The predicted molar refractivity (Wildman–Crippen MR) is 223 cm³/mol. The third-order valence-corrected chi connectivity index (χ3v) is 12.8. The van der Waals surface area contributed by atoms with Gasteiger partial charge < -0.3 is 24.0 Å². The van der Waals surface area contributed by atoms with Crippen molar-refractivity contribution in [1.82, 2.24) is 0 Å². The van der Waals surface area contributed by atoms with E-state index in [1.807, 2.05) is 88.9 Å². The SMILES string of the molecule is COc1ccc(C(=CC2(C=C(c3ccc(OC)cc3)c3ccc(N(C)C)cc3)OC(=O)c3c(Br)c(Cl)c(Br)c(Br)c32)c2ccc(N(C)C)cc2)cc1. The van der Waals surface area contributed by atoms with E-state index in [-0.39, 0.29) is 0 Å². The summed E-state index contributed by atoms with van der Waals surface area (Å²) in [6.45, 7) is 0. The highest BCUT2D eigenvalue weighted by molar-refractivity contribution is 9.13. The van der Waals surface area contributed by atoms with Crippen molar-refractivity contribution in [3.63, 3.8) is 0 Å². The van der Waals surface area contributed by atoms with Crippen molar-refractivity contribution < 1.29 is 19.0 Å². The summed E-state index contributed by atoms with van der Waals surface area (Å²) in [6, 6.07) is 32.3. The Morgan fingerprint density at radius 2 is 0.981 bits per heavy atom. The highest BCUT2D eigenvalue weighted by Crippen LogP contribution is 2.53. The molecule has 5 aromatic carbocycles. The maximum atomic E-state index is 14.2. The molecule has 0 bridgehead atoms. The number of anilines is 2. The first-order valence-corrected chi connectivity index (χ1v) is 19.0. The Kier molecular flexibility index (Phi) is 11.3. The average molecular weight is 908 g/mol. The number of carbonyl (C=O) groups excluding carboxylic acids is 1. The molecule has 52 heavy (non-hydrogen) atoms. The van der Waals surface area contributed by atoms with Crippen LogP contribution in [0.25, 0.3) is 11.1 Å². The van der Waals surface area contributed by atoms with Crippen molar-refractivity contribution in [2.45, 2.75) is 5.60 Å². The molecule has 266 valence electrons. The number of esters is 1. The first kappa shape index (κ1) is 37.7. The van der Waals surface area contributed by atoms with E-state index >= 15 is 0 Å². The molecular formula is C42H36Br3ClN2O4. The van der Waals surface area contributed by atoms with E-state index in [4.69, 9.17) is 25.8 Å². The van der Waals surface area contributed by atoms with Crippen molar-refractivity contribution in [2.24, 2.45) is 0 Å². The number of hydrogen-bond donors (Lipinski definition) is 0. The Hall–Kier alpha value is -4.02. The molecule has 0 aromatic heterocycles. The van der Waals surface area contributed by atoms with Gasteiger partial charge in [-0.05, 0) is 142 Å². The largest absolute Gasteiger partial charge is 0.497 e. The number of cyclic esters (lactones) is 1. The van der Waals surface area contributed by atoms with Gasteiger partial charge in [0, 0.05) is 49.6 Å². The van der Waals surface area contributed by atoms with E-state index in [2.05, 4.69) is 106 Å². The zero-order valence-electron chi connectivity index (χ0n) is 29.4. The van der Waals surface area contributed by atoms with Gasteiger partial charge in [0.15, 0.2) is 5.60 Å². The fraction of sp³-hybridized carbons (Fsp3) is 0.167. The predicted octanol–water partition coefficient (Wildman–Crippen LogP) is 11.4. The maximum Gasteiger partial charge on any atom is 0.341 e. The summed E-state index contributed by atoms with van der Waals surface area (Å²) >= 11 is 17.9. The van der Waals surface area contributed by atoms with Crippen LogP contribution < -0.4 is 19.3 Å². The van der Waals surface area contributed by atoms with Gasteiger partial charge in [-0.2, -0.15) is 0 Å². The van der Waals surface area contributed by atoms with Crippen molar-refractivity contribution >= 4 is 87.9 Å². The van der Waals surface area contributed by atoms with Crippen LogP contribution in [-0.4, -0.2) is 48.4 Å². The smallest absolute Gasteiger partial charge is 0.341 e. The molecule has 0 radical (unpaired) electrons. The topological polar surface area (TPSA) is 51.2 Å². The van der Waals surface area contributed by atoms with Gasteiger partial charge in [0.2, 0.25) is 0 Å². The molecule has 1 heterocycles. The third-order valence-electron chi connectivity index (χ3n) is 9.03. The van der Waals surface area contributed by atoms with Crippen molar-refractivity contribution in [3.05, 3.63) is 161 Å². The number of ether oxygens (including phenoxy) is 3. The number of benzene rings is 5. The first-order chi connectivity index (χ1) is 24.9. The van der Waals surface area contributed by atoms with Crippen LogP contribution in [0, 0.1) is 0 Å². The number of fused-ring (bicyclic) bond motifs is 1. The molecule has 5 aromatic rings. The highest BCUT2D eigenvalue weighted by Gasteiger charge is 2.48. The van der Waals surface area contributed by atoms with Gasteiger partial charge in [-0.15, -0.1) is 0 Å². The Labute approximate surface area is 335 Å². The fourth-order valence-corrected chi connectivity index (χ4v) is 8.44. The molecular weight excluding hydrogens is 872 g/mol. The van der Waals surface area contributed by atoms with E-state index < -0.39 is 11.6 Å². The van der Waals surface area contributed by atoms with Crippen LogP contribution in [0.1, 0.15) is 38.2 Å². The van der Waals surface area contributed by atoms with E-state index in [0.29, 0.717) is 29.6 Å². The summed E-state index contributed by atoms with van der Waals surface area (Å²) < 4.78 is 19.3. The van der Waals surface area contributed by atoms with Crippen LogP contribution in [0.4, 0.5) is 11.4 Å². The van der Waals surface area contributed by atoms with Gasteiger partial charge in [-0.3, -0.25) is 0 Å². The molecule has 1 aliphatic rings. The molecule has 0 N–H and O–H groups in total. The molecule has 0 unspecified atom stereocenters. The van der Waals surface area contributed by atoms with Crippen LogP contribution in [-0.2, 0) is 10.3 Å². The number of hydrogen-bond acceptors (Lipinski definition) is 6. The number of rotatable bonds is 10. The lowest BCUT2D eigenvalue weighted by atomic mass is 9.83. The van der Waals surface area contributed by atoms with E-state index in [1.54, 1.807) is 14.2 Å². The summed E-state index contributed by atoms with van der Waals surface area (Å²) in [5.41, 5.74) is 6.96. The molecule has 0 saturated carbocycles. The minimum absolute atomic E-state index is 0.335. The molecule has 0 amide bonds. The first-order valence-electron chi connectivity index (χ1n) is 16.3. The Balaban J connectivity index is 1.74. The molecule has 6 rings (SSSR count). The summed E-state index contributed by atoms with van der Waals surface area (Å²) in [7, 11) is 11.3. The zero-order valence-corrected chi connectivity index (χ0v) is 34.9. The number of carbonyl (C=O) groups is 1. The van der Waals surface area contributed by atoms with Gasteiger partial charge in [0.25, 0.3) is 0 Å². The normalized spacial score (nSPS) is 15.6. The Morgan fingerprint density at radius 3 is 1.33 bits per heavy atom. The van der Waals surface area contributed by atoms with E-state index in [0.717, 1.165) is 56.3 Å². The van der Waals surface area contributed by atoms with Gasteiger partial charge in [0.05, 0.1) is 33.8 Å². The summed E-state index contributed by atoms with van der Waals surface area (Å²) in [6.07, 6.45) is 4.05. The summed E-state index contributed by atoms with van der Waals surface area (Å²) in [4.78, 5) is 18.3. The van der Waals surface area contributed by atoms with Crippen LogP contribution in [0.5, 0.6) is 11.5 Å². The van der Waals surface area contributed by atoms with Gasteiger partial charge in [-0.1, -0.05) is 60.1 Å². The average Bonchev–Trinajstić information content (AvgIpc) is 3.45. The fourth-order valence-electron chi connectivity index (χ4n) is 6.21. The number of nitrogens with zero attached hydrogens (tertiary/aromatic N) is 2. The quantitative estimate of drug-likeness (QED) is 0.0791. The molecule has 0 spiro atoms. The maximum absolute atomic E-state index is 14.2. The number of halogens is 4. The minimum atomic E-state index is -1.44. The lowest BCUT2D eigenvalue weighted by Gasteiger charge is -2.28. The van der Waals surface area contributed by atoms with Crippen LogP contribution in [0.3, 0.4) is 0 Å². The van der Waals surface area contributed by atoms with Crippen LogP contribution >= 0.6 is 59.4 Å². The second-order valence-corrected chi connectivity index (χ2v) is 15.4. The molecule has 0 atom stereocenters. The number of methoxy groups -OCH3 is 2. The monoisotopic (exact) mass is 904 g/mol. The lowest BCUT2D eigenvalue weighted by Crippen LogP contribution is -2.23. The molecule has 10 heteroatoms. The third kappa shape index (κ3) is 7.29. The Bertz CT molecular complexity index is 2070. The van der Waals surface area contributed by atoms with Gasteiger partial charge in [0.1, 0.15) is 11.5 Å². The van der Waals surface area contributed by atoms with E-state index in [9.17, 15) is 4.79 Å². The molecule has 0 aliphatic carbocycles. The second kappa shape index (κ2) is 15.5. The standard InChI is InChI=1S/C42H36Br3ClN2O4/c1-47(2)29-15-7-25(8-16-29)33(27-11-19-31(50-5)20-12-27)23-42(36-35(41(49)52-42)37(43)40(46)39(45)38(36)44)24-34(28-13-21-32(51-6)22-14-28)26-9-17-30(18-10-26)48(3)4/h7-24H,1-6H3. The van der Waals surface area contributed by atoms with Crippen molar-refractivity contribution in [1.29, 1.82) is 0 Å².